The highest BCUT2D eigenvalue weighted by atomic mass is 31.2. The maximum atomic E-state index is 12.7. The van der Waals surface area contributed by atoms with Crippen LogP contribution in [0.15, 0.2) is 85.1 Å². The Labute approximate surface area is 405 Å². The summed E-state index contributed by atoms with van der Waals surface area (Å²) in [7, 11) is -4.54. The van der Waals surface area contributed by atoms with Gasteiger partial charge >= 0.3 is 13.8 Å². The van der Waals surface area contributed by atoms with Gasteiger partial charge in [-0.3, -0.25) is 13.8 Å². The Hall–Kier alpha value is -2.36. The molecule has 0 radical (unpaired) electrons. The second-order valence-corrected chi connectivity index (χ2v) is 19.0. The summed E-state index contributed by atoms with van der Waals surface area (Å²) in [5.41, 5.74) is 0. The molecule has 66 heavy (non-hydrogen) atoms. The van der Waals surface area contributed by atoms with E-state index < -0.39 is 45.8 Å². The SMILES string of the molecule is CC/C=C\C/C=C\C/C=C\C/C=C\C/C=C\C/C=C\CCCCCOCC(COP(=O)(O)OCC(O)CO)OC(=O)CCCCCCCCCCCCC/C=C\CCCCCCCCCC. The average molecular weight is 947 g/mol. The fourth-order valence-electron chi connectivity index (χ4n) is 7.06. The number of aliphatic hydroxyl groups is 2. The molecule has 0 aromatic heterocycles. The van der Waals surface area contributed by atoms with E-state index in [1.807, 2.05) is 0 Å². The summed E-state index contributed by atoms with van der Waals surface area (Å²) in [5, 5.41) is 18.4. The summed E-state index contributed by atoms with van der Waals surface area (Å²) in [6.07, 6.45) is 65.6. The zero-order chi connectivity index (χ0) is 48.1. The van der Waals surface area contributed by atoms with Crippen molar-refractivity contribution in [2.75, 3.05) is 33.0 Å². The largest absolute Gasteiger partial charge is 0.472 e. The van der Waals surface area contributed by atoms with Crippen LogP contribution in [0.4, 0.5) is 0 Å². The zero-order valence-electron chi connectivity index (χ0n) is 42.1. The van der Waals surface area contributed by atoms with E-state index in [1.165, 1.54) is 116 Å². The number of hydrogen-bond donors (Lipinski definition) is 3. The van der Waals surface area contributed by atoms with Gasteiger partial charge in [-0.1, -0.05) is 208 Å². The topological polar surface area (TPSA) is 132 Å². The van der Waals surface area contributed by atoms with Crippen molar-refractivity contribution in [1.82, 2.24) is 0 Å². The monoisotopic (exact) mass is 947 g/mol. The number of allylic oxidation sites excluding steroid dienone is 14. The minimum atomic E-state index is -4.54. The smallest absolute Gasteiger partial charge is 0.457 e. The first-order valence-corrected chi connectivity index (χ1v) is 28.1. The van der Waals surface area contributed by atoms with Gasteiger partial charge in [0.2, 0.25) is 0 Å². The lowest BCUT2D eigenvalue weighted by Crippen LogP contribution is -2.29. The summed E-state index contributed by atoms with van der Waals surface area (Å²) < 4.78 is 33.5. The summed E-state index contributed by atoms with van der Waals surface area (Å²) in [6.45, 7) is 3.33. The normalized spacial score (nSPS) is 14.4. The second-order valence-electron chi connectivity index (χ2n) is 17.5. The quantitative estimate of drug-likeness (QED) is 0.0236. The van der Waals surface area contributed by atoms with Crippen LogP contribution in [0, 0.1) is 0 Å². The van der Waals surface area contributed by atoms with Crippen LogP contribution in [0.2, 0.25) is 0 Å². The van der Waals surface area contributed by atoms with Crippen LogP contribution >= 0.6 is 7.82 Å². The molecule has 0 heterocycles. The fourth-order valence-corrected chi connectivity index (χ4v) is 7.85. The van der Waals surface area contributed by atoms with Gasteiger partial charge in [-0.15, -0.1) is 0 Å². The molecule has 0 aromatic carbocycles. The first kappa shape index (κ1) is 63.6. The summed E-state index contributed by atoms with van der Waals surface area (Å²) in [4.78, 5) is 22.7. The van der Waals surface area contributed by atoms with Gasteiger partial charge in [0.1, 0.15) is 12.2 Å². The second kappa shape index (κ2) is 52.0. The molecule has 9 nitrogen and oxygen atoms in total. The molecule has 0 amide bonds. The summed E-state index contributed by atoms with van der Waals surface area (Å²) >= 11 is 0. The van der Waals surface area contributed by atoms with Gasteiger partial charge < -0.3 is 24.6 Å². The molecule has 0 saturated heterocycles. The number of unbranched alkanes of at least 4 members (excludes halogenated alkanes) is 22. The van der Waals surface area contributed by atoms with Crippen molar-refractivity contribution in [3.8, 4) is 0 Å². The molecule has 3 N–H and O–H groups in total. The first-order chi connectivity index (χ1) is 32.3. The van der Waals surface area contributed by atoms with E-state index in [0.717, 1.165) is 83.5 Å². The van der Waals surface area contributed by atoms with Crippen molar-refractivity contribution in [3.05, 3.63) is 85.1 Å². The maximum Gasteiger partial charge on any atom is 0.472 e. The standard InChI is InChI=1S/C56H99O9P/c1-3-5-7-9-11-13-15-17-19-21-23-25-27-28-30-32-34-36-38-40-42-44-46-48-56(59)65-55(53-64-66(60,61)63-51-54(58)50-57)52-62-49-47-45-43-41-39-37-35-33-31-29-26-24-22-20-18-16-14-12-10-8-6-4-2/h6,8,12,14,18,20-21,23-24,26,31,33,37,39,54-55,57-58H,3-5,7,9-11,13,15-17,19,22,25,27-30,32,34-36,38,40-53H2,1-2H3,(H,60,61)/b8-6-,14-12-,20-18-,23-21-,26-24-,33-31-,39-37-. The molecule has 0 aromatic rings. The average Bonchev–Trinajstić information content (AvgIpc) is 3.31. The van der Waals surface area contributed by atoms with E-state index in [0.29, 0.717) is 6.61 Å². The van der Waals surface area contributed by atoms with Gasteiger partial charge in [-0.2, -0.15) is 0 Å². The number of esters is 1. The molecular weight excluding hydrogens is 848 g/mol. The number of carbonyl (C=O) groups excluding carboxylic acids is 1. The Kier molecular flexibility index (Phi) is 50.2. The molecule has 3 unspecified atom stereocenters. The van der Waals surface area contributed by atoms with Crippen molar-refractivity contribution < 1.29 is 43.0 Å². The third kappa shape index (κ3) is 51.0. The van der Waals surface area contributed by atoms with Crippen molar-refractivity contribution in [1.29, 1.82) is 0 Å². The molecule has 0 aliphatic rings. The van der Waals surface area contributed by atoms with Crippen LogP contribution in [0.3, 0.4) is 0 Å². The zero-order valence-corrected chi connectivity index (χ0v) is 43.0. The van der Waals surface area contributed by atoms with Gasteiger partial charge in [-0.05, 0) is 89.9 Å². The molecule has 3 atom stereocenters. The van der Waals surface area contributed by atoms with Crippen LogP contribution in [0.1, 0.15) is 219 Å². The number of ether oxygens (including phenoxy) is 2. The van der Waals surface area contributed by atoms with E-state index in [9.17, 15) is 19.4 Å². The number of carbonyl (C=O) groups is 1. The number of phosphoric ester groups is 1. The molecule has 0 aliphatic heterocycles. The van der Waals surface area contributed by atoms with Crippen molar-refractivity contribution in [2.45, 2.75) is 232 Å². The van der Waals surface area contributed by atoms with E-state index >= 15 is 0 Å². The molecular formula is C56H99O9P. The molecule has 0 spiro atoms. The Balaban J connectivity index is 4.14. The number of hydrogen-bond acceptors (Lipinski definition) is 8. The van der Waals surface area contributed by atoms with E-state index in [-0.39, 0.29) is 13.0 Å². The lowest BCUT2D eigenvalue weighted by atomic mass is 10.0. The van der Waals surface area contributed by atoms with Crippen molar-refractivity contribution >= 4 is 13.8 Å². The van der Waals surface area contributed by atoms with Crippen LogP contribution in [0.5, 0.6) is 0 Å². The van der Waals surface area contributed by atoms with E-state index in [2.05, 4.69) is 98.9 Å². The van der Waals surface area contributed by atoms with Gasteiger partial charge in [0.05, 0.1) is 26.4 Å². The van der Waals surface area contributed by atoms with Gasteiger partial charge in [0, 0.05) is 13.0 Å². The lowest BCUT2D eigenvalue weighted by Gasteiger charge is -2.20. The van der Waals surface area contributed by atoms with E-state index in [1.54, 1.807) is 0 Å². The van der Waals surface area contributed by atoms with E-state index in [4.69, 9.17) is 23.6 Å². The summed E-state index contributed by atoms with van der Waals surface area (Å²) in [5.74, 6) is -0.396. The van der Waals surface area contributed by atoms with Crippen LogP contribution in [-0.2, 0) is 27.9 Å². The molecule has 0 aliphatic carbocycles. The maximum absolute atomic E-state index is 12.7. The third-order valence-corrected chi connectivity index (χ3v) is 12.0. The predicted octanol–water partition coefficient (Wildman–Crippen LogP) is 15.8. The highest BCUT2D eigenvalue weighted by molar-refractivity contribution is 7.47. The van der Waals surface area contributed by atoms with Crippen molar-refractivity contribution in [2.24, 2.45) is 0 Å². The third-order valence-electron chi connectivity index (χ3n) is 11.1. The lowest BCUT2D eigenvalue weighted by molar-refractivity contribution is -0.154. The Morgan fingerprint density at radius 3 is 1.32 bits per heavy atom. The molecule has 10 heteroatoms. The Bertz CT molecular complexity index is 1300. The number of phosphoric acid groups is 1. The van der Waals surface area contributed by atoms with Crippen molar-refractivity contribution in [3.63, 3.8) is 0 Å². The highest BCUT2D eigenvalue weighted by Gasteiger charge is 2.26. The Morgan fingerprint density at radius 1 is 0.485 bits per heavy atom. The van der Waals surface area contributed by atoms with Crippen LogP contribution < -0.4 is 0 Å². The molecule has 0 rings (SSSR count). The molecule has 382 valence electrons. The molecule has 0 fully saturated rings. The van der Waals surface area contributed by atoms with Crippen LogP contribution in [-0.4, -0.2) is 66.3 Å². The van der Waals surface area contributed by atoms with Crippen LogP contribution in [0.25, 0.3) is 0 Å². The van der Waals surface area contributed by atoms with Gasteiger partial charge in [0.25, 0.3) is 0 Å². The summed E-state index contributed by atoms with van der Waals surface area (Å²) in [6, 6.07) is 0. The first-order valence-electron chi connectivity index (χ1n) is 26.6. The predicted molar refractivity (Wildman–Crippen MR) is 279 cm³/mol. The van der Waals surface area contributed by atoms with Gasteiger partial charge in [0.15, 0.2) is 0 Å². The number of rotatable bonds is 50. The minimum absolute atomic E-state index is 0.0224. The fraction of sp³-hybridized carbons (Fsp3) is 0.732. The van der Waals surface area contributed by atoms with Gasteiger partial charge in [-0.25, -0.2) is 4.57 Å². The highest BCUT2D eigenvalue weighted by Crippen LogP contribution is 2.43. The minimum Gasteiger partial charge on any atom is -0.457 e. The molecule has 0 bridgehead atoms. The Morgan fingerprint density at radius 2 is 0.864 bits per heavy atom. The molecule has 0 saturated carbocycles. The number of aliphatic hydroxyl groups excluding tert-OH is 2.